The lowest BCUT2D eigenvalue weighted by molar-refractivity contribution is -0.151. The van der Waals surface area contributed by atoms with E-state index in [9.17, 15) is 4.79 Å². The largest absolute Gasteiger partial charge is 0.463 e. The highest BCUT2D eigenvalue weighted by atomic mass is 16.6. The molecule has 3 nitrogen and oxygen atoms in total. The van der Waals surface area contributed by atoms with Gasteiger partial charge in [-0.3, -0.25) is 4.79 Å². The third kappa shape index (κ3) is 3.82. The lowest BCUT2D eigenvalue weighted by Crippen LogP contribution is -2.23. The molecular formula is C16H26O3. The molecule has 2 bridgehead atoms. The summed E-state index contributed by atoms with van der Waals surface area (Å²) in [6.45, 7) is 6.07. The summed E-state index contributed by atoms with van der Waals surface area (Å²) in [5.74, 6) is 1.76. The van der Waals surface area contributed by atoms with E-state index in [0.29, 0.717) is 31.0 Å². The van der Waals surface area contributed by atoms with E-state index in [2.05, 4.69) is 26.0 Å². The number of carbonyl (C=O) groups is 1. The number of rotatable bonds is 8. The van der Waals surface area contributed by atoms with Gasteiger partial charge in [0.1, 0.15) is 6.61 Å². The fourth-order valence-corrected chi connectivity index (χ4v) is 3.13. The molecule has 0 aliphatic heterocycles. The van der Waals surface area contributed by atoms with Gasteiger partial charge in [-0.25, -0.2) is 0 Å². The Kier molecular flexibility index (Phi) is 5.44. The number of fused-ring (bicyclic) bond motifs is 2. The van der Waals surface area contributed by atoms with Crippen LogP contribution < -0.4 is 0 Å². The van der Waals surface area contributed by atoms with Crippen LogP contribution in [0.4, 0.5) is 0 Å². The summed E-state index contributed by atoms with van der Waals surface area (Å²) in [7, 11) is 0. The molecule has 108 valence electrons. The van der Waals surface area contributed by atoms with Crippen molar-refractivity contribution in [2.24, 2.45) is 23.7 Å². The van der Waals surface area contributed by atoms with Gasteiger partial charge in [-0.15, -0.1) is 0 Å². The topological polar surface area (TPSA) is 35.5 Å². The van der Waals surface area contributed by atoms with Crippen LogP contribution in [0.1, 0.15) is 39.5 Å². The zero-order valence-corrected chi connectivity index (χ0v) is 12.1. The minimum atomic E-state index is -0.0250. The Morgan fingerprint density at radius 2 is 2.00 bits per heavy atom. The fraction of sp³-hybridized carbons (Fsp3) is 0.812. The summed E-state index contributed by atoms with van der Waals surface area (Å²) in [4.78, 5) is 11.9. The Morgan fingerprint density at radius 1 is 1.21 bits per heavy atom. The minimum absolute atomic E-state index is 0.0250. The second-order valence-electron chi connectivity index (χ2n) is 5.81. The normalized spacial score (nSPS) is 28.3. The van der Waals surface area contributed by atoms with Crippen LogP contribution in [0.2, 0.25) is 0 Å². The van der Waals surface area contributed by atoms with Crippen molar-refractivity contribution in [3.63, 3.8) is 0 Å². The van der Waals surface area contributed by atoms with Crippen LogP contribution >= 0.6 is 0 Å². The van der Waals surface area contributed by atoms with Crippen LogP contribution in [0.25, 0.3) is 0 Å². The molecule has 3 heteroatoms. The van der Waals surface area contributed by atoms with Crippen LogP contribution in [0.5, 0.6) is 0 Å². The van der Waals surface area contributed by atoms with Crippen LogP contribution in [-0.4, -0.2) is 25.8 Å². The summed E-state index contributed by atoms with van der Waals surface area (Å²) in [6.07, 6.45) is 8.85. The zero-order chi connectivity index (χ0) is 13.7. The lowest BCUT2D eigenvalue weighted by Gasteiger charge is -2.17. The Morgan fingerprint density at radius 3 is 2.58 bits per heavy atom. The Balaban J connectivity index is 1.56. The SMILES string of the molecule is CCC(CC)COCCOC(=O)C1CC2C=CC1C2. The first-order valence-electron chi connectivity index (χ1n) is 7.67. The molecule has 0 aromatic rings. The monoisotopic (exact) mass is 266 g/mol. The molecule has 3 atom stereocenters. The van der Waals surface area contributed by atoms with E-state index >= 15 is 0 Å². The third-order valence-electron chi connectivity index (χ3n) is 4.56. The van der Waals surface area contributed by atoms with Gasteiger partial charge in [0.25, 0.3) is 0 Å². The van der Waals surface area contributed by atoms with Crippen molar-refractivity contribution < 1.29 is 14.3 Å². The van der Waals surface area contributed by atoms with Gasteiger partial charge in [-0.1, -0.05) is 38.8 Å². The summed E-state index contributed by atoms with van der Waals surface area (Å²) >= 11 is 0. The summed E-state index contributed by atoms with van der Waals surface area (Å²) in [6, 6.07) is 0. The van der Waals surface area contributed by atoms with Crippen molar-refractivity contribution in [1.29, 1.82) is 0 Å². The van der Waals surface area contributed by atoms with Gasteiger partial charge in [-0.05, 0) is 30.6 Å². The highest BCUT2D eigenvalue weighted by molar-refractivity contribution is 5.74. The second kappa shape index (κ2) is 7.09. The van der Waals surface area contributed by atoms with Crippen LogP contribution in [-0.2, 0) is 14.3 Å². The molecule has 2 rings (SSSR count). The van der Waals surface area contributed by atoms with Gasteiger partial charge >= 0.3 is 5.97 Å². The highest BCUT2D eigenvalue weighted by Gasteiger charge is 2.40. The van der Waals surface area contributed by atoms with Gasteiger partial charge in [-0.2, -0.15) is 0 Å². The van der Waals surface area contributed by atoms with Crippen LogP contribution in [0, 0.1) is 23.7 Å². The molecule has 0 amide bonds. The average molecular weight is 266 g/mol. The Hall–Kier alpha value is -0.830. The third-order valence-corrected chi connectivity index (χ3v) is 4.56. The van der Waals surface area contributed by atoms with E-state index in [1.807, 2.05) is 0 Å². The first kappa shape index (κ1) is 14.6. The van der Waals surface area contributed by atoms with Crippen molar-refractivity contribution in [2.75, 3.05) is 19.8 Å². The van der Waals surface area contributed by atoms with Crippen molar-refractivity contribution >= 4 is 5.97 Å². The molecule has 1 saturated carbocycles. The predicted molar refractivity (Wildman–Crippen MR) is 74.7 cm³/mol. The molecule has 0 aromatic heterocycles. The summed E-state index contributed by atoms with van der Waals surface area (Å²) in [5.41, 5.74) is 0. The second-order valence-corrected chi connectivity index (χ2v) is 5.81. The van der Waals surface area contributed by atoms with Crippen molar-refractivity contribution in [3.8, 4) is 0 Å². The minimum Gasteiger partial charge on any atom is -0.463 e. The molecule has 0 N–H and O–H groups in total. The van der Waals surface area contributed by atoms with Crippen molar-refractivity contribution in [2.45, 2.75) is 39.5 Å². The van der Waals surface area contributed by atoms with Crippen LogP contribution in [0.3, 0.4) is 0 Å². The predicted octanol–water partition coefficient (Wildman–Crippen LogP) is 3.19. The van der Waals surface area contributed by atoms with E-state index in [0.717, 1.165) is 32.3 Å². The lowest BCUT2D eigenvalue weighted by atomic mass is 9.94. The van der Waals surface area contributed by atoms with Crippen molar-refractivity contribution in [1.82, 2.24) is 0 Å². The Bertz CT molecular complexity index is 320. The molecular weight excluding hydrogens is 240 g/mol. The summed E-state index contributed by atoms with van der Waals surface area (Å²) in [5, 5.41) is 0. The number of ether oxygens (including phenoxy) is 2. The maximum atomic E-state index is 11.9. The number of allylic oxidation sites excluding steroid dienone is 2. The molecule has 1 fully saturated rings. The zero-order valence-electron chi connectivity index (χ0n) is 12.1. The summed E-state index contributed by atoms with van der Waals surface area (Å²) < 4.78 is 10.9. The molecule has 2 aliphatic carbocycles. The van der Waals surface area contributed by atoms with E-state index < -0.39 is 0 Å². The smallest absolute Gasteiger partial charge is 0.309 e. The molecule has 0 saturated heterocycles. The van der Waals surface area contributed by atoms with Gasteiger partial charge in [0.2, 0.25) is 0 Å². The van der Waals surface area contributed by atoms with Gasteiger partial charge < -0.3 is 9.47 Å². The van der Waals surface area contributed by atoms with E-state index in [1.165, 1.54) is 0 Å². The standard InChI is InChI=1S/C16H26O3/c1-3-12(4-2)11-18-7-8-19-16(17)15-10-13-5-6-14(15)9-13/h5-6,12-15H,3-4,7-11H2,1-2H3. The highest BCUT2D eigenvalue weighted by Crippen LogP contribution is 2.43. The Labute approximate surface area is 116 Å². The van der Waals surface area contributed by atoms with E-state index in [1.54, 1.807) is 0 Å². The molecule has 19 heavy (non-hydrogen) atoms. The molecule has 0 aromatic carbocycles. The average Bonchev–Trinajstić information content (AvgIpc) is 3.05. The number of esters is 1. The molecule has 0 heterocycles. The molecule has 3 unspecified atom stereocenters. The van der Waals surface area contributed by atoms with E-state index in [-0.39, 0.29) is 11.9 Å². The van der Waals surface area contributed by atoms with E-state index in [4.69, 9.17) is 9.47 Å². The quantitative estimate of drug-likeness (QED) is 0.384. The first-order chi connectivity index (χ1) is 9.24. The first-order valence-corrected chi connectivity index (χ1v) is 7.67. The number of hydrogen-bond donors (Lipinski definition) is 0. The molecule has 2 aliphatic rings. The molecule has 0 radical (unpaired) electrons. The van der Waals surface area contributed by atoms with Crippen LogP contribution in [0.15, 0.2) is 12.2 Å². The maximum Gasteiger partial charge on any atom is 0.309 e. The maximum absolute atomic E-state index is 11.9. The molecule has 0 spiro atoms. The number of hydrogen-bond acceptors (Lipinski definition) is 3. The van der Waals surface area contributed by atoms with Gasteiger partial charge in [0.15, 0.2) is 0 Å². The van der Waals surface area contributed by atoms with Gasteiger partial charge in [0, 0.05) is 6.61 Å². The van der Waals surface area contributed by atoms with Gasteiger partial charge in [0.05, 0.1) is 12.5 Å². The fourth-order valence-electron chi connectivity index (χ4n) is 3.13. The number of carbonyl (C=O) groups excluding carboxylic acids is 1. The van der Waals surface area contributed by atoms with Crippen molar-refractivity contribution in [3.05, 3.63) is 12.2 Å².